The monoisotopic (exact) mass is 210 g/mol. The molecule has 1 amide bonds. The van der Waals surface area contributed by atoms with Gasteiger partial charge in [0.25, 0.3) is 5.91 Å². The van der Waals surface area contributed by atoms with Crippen molar-refractivity contribution in [2.75, 3.05) is 0 Å². The number of rotatable bonds is 3. The van der Waals surface area contributed by atoms with Crippen molar-refractivity contribution in [3.8, 4) is 0 Å². The summed E-state index contributed by atoms with van der Waals surface area (Å²) in [6.07, 6.45) is 1.87. The average molecular weight is 210 g/mol. The van der Waals surface area contributed by atoms with E-state index < -0.39 is 5.91 Å². The average Bonchev–Trinajstić information content (AvgIpc) is 2.07. The summed E-state index contributed by atoms with van der Waals surface area (Å²) in [6, 6.07) is 3.44. The van der Waals surface area contributed by atoms with Gasteiger partial charge in [0.15, 0.2) is 0 Å². The summed E-state index contributed by atoms with van der Waals surface area (Å²) in [5.74, 6) is 0.0259. The summed E-state index contributed by atoms with van der Waals surface area (Å²) in [5, 5.41) is 0. The largest absolute Gasteiger partial charge is 0.366 e. The summed E-state index contributed by atoms with van der Waals surface area (Å²) < 4.78 is 2.40. The predicted octanol–water partition coefficient (Wildman–Crippen LogP) is 1.97. The van der Waals surface area contributed by atoms with Crippen molar-refractivity contribution in [2.45, 2.75) is 20.4 Å². The Morgan fingerprint density at radius 3 is 2.79 bits per heavy atom. The van der Waals surface area contributed by atoms with Crippen LogP contribution in [0.5, 0.6) is 0 Å². The summed E-state index contributed by atoms with van der Waals surface area (Å²) in [5.41, 5.74) is 5.61. The van der Waals surface area contributed by atoms with Gasteiger partial charge < -0.3 is 10.3 Å². The fourth-order valence-corrected chi connectivity index (χ4v) is 1.57. The quantitative estimate of drug-likeness (QED) is 0.775. The Morgan fingerprint density at radius 2 is 2.29 bits per heavy atom. The van der Waals surface area contributed by atoms with Gasteiger partial charge in [-0.3, -0.25) is 4.79 Å². The zero-order chi connectivity index (χ0) is 10.7. The van der Waals surface area contributed by atoms with E-state index in [1.165, 1.54) is 0 Å². The van der Waals surface area contributed by atoms with Crippen LogP contribution in [0.1, 0.15) is 24.2 Å². The van der Waals surface area contributed by atoms with Crippen LogP contribution in [0, 0.1) is 10.6 Å². The molecule has 0 spiro atoms. The Hall–Kier alpha value is -1.16. The maximum atomic E-state index is 11.0. The molecule has 4 heteroatoms. The molecule has 1 aromatic rings. The second-order valence-corrected chi connectivity index (χ2v) is 4.02. The van der Waals surface area contributed by atoms with Gasteiger partial charge in [-0.05, 0) is 18.1 Å². The Kier molecular flexibility index (Phi) is 3.41. The van der Waals surface area contributed by atoms with Gasteiger partial charge in [0, 0.05) is 12.7 Å². The first-order valence-corrected chi connectivity index (χ1v) is 4.92. The summed E-state index contributed by atoms with van der Waals surface area (Å²) in [7, 11) is 0. The molecule has 0 atom stereocenters. The zero-order valence-corrected chi connectivity index (χ0v) is 9.17. The van der Waals surface area contributed by atoms with Crippen LogP contribution in [0.2, 0.25) is 0 Å². The lowest BCUT2D eigenvalue weighted by molar-refractivity contribution is 0.0999. The molecule has 0 radical (unpaired) electrons. The fourth-order valence-electron chi connectivity index (χ4n) is 1.26. The SMILES string of the molecule is CC(C)Cn1cccc(C(N)=O)c1=S. The minimum Gasteiger partial charge on any atom is -0.366 e. The molecule has 0 unspecified atom stereocenters. The molecule has 1 heterocycles. The maximum Gasteiger partial charge on any atom is 0.251 e. The van der Waals surface area contributed by atoms with E-state index in [0.29, 0.717) is 16.1 Å². The number of carbonyl (C=O) groups excluding carboxylic acids is 1. The van der Waals surface area contributed by atoms with E-state index >= 15 is 0 Å². The molecule has 1 rings (SSSR count). The van der Waals surface area contributed by atoms with Crippen LogP contribution in [-0.4, -0.2) is 10.5 Å². The van der Waals surface area contributed by atoms with E-state index in [-0.39, 0.29) is 0 Å². The van der Waals surface area contributed by atoms with Gasteiger partial charge in [-0.1, -0.05) is 26.1 Å². The van der Waals surface area contributed by atoms with Crippen LogP contribution in [0.25, 0.3) is 0 Å². The number of carbonyl (C=O) groups is 1. The Balaban J connectivity index is 3.15. The molecule has 0 aliphatic rings. The highest BCUT2D eigenvalue weighted by atomic mass is 32.1. The molecule has 0 aliphatic carbocycles. The number of nitrogens with two attached hydrogens (primary N) is 1. The van der Waals surface area contributed by atoms with Gasteiger partial charge >= 0.3 is 0 Å². The smallest absolute Gasteiger partial charge is 0.251 e. The first-order chi connectivity index (χ1) is 6.52. The van der Waals surface area contributed by atoms with Crippen LogP contribution < -0.4 is 5.73 Å². The summed E-state index contributed by atoms with van der Waals surface area (Å²) in [4.78, 5) is 11.0. The van der Waals surface area contributed by atoms with Crippen LogP contribution in [0.15, 0.2) is 18.3 Å². The standard InChI is InChI=1S/C10H14N2OS/c1-7(2)6-12-5-3-4-8(9(11)13)10(12)14/h3-5,7H,6H2,1-2H3,(H2,11,13). The highest BCUT2D eigenvalue weighted by molar-refractivity contribution is 7.71. The number of aromatic nitrogens is 1. The number of hydrogen-bond donors (Lipinski definition) is 1. The third-order valence-electron chi connectivity index (χ3n) is 1.85. The minimum atomic E-state index is -0.465. The van der Waals surface area contributed by atoms with E-state index in [4.69, 9.17) is 18.0 Å². The third-order valence-corrected chi connectivity index (χ3v) is 2.30. The van der Waals surface area contributed by atoms with Gasteiger partial charge in [0.05, 0.1) is 5.56 Å². The van der Waals surface area contributed by atoms with Crippen molar-refractivity contribution in [3.05, 3.63) is 28.5 Å². The first kappa shape index (κ1) is 10.9. The van der Waals surface area contributed by atoms with Gasteiger partial charge in [-0.15, -0.1) is 0 Å². The Labute approximate surface area is 88.5 Å². The Bertz CT molecular complexity index is 395. The maximum absolute atomic E-state index is 11.0. The molecule has 14 heavy (non-hydrogen) atoms. The number of amides is 1. The highest BCUT2D eigenvalue weighted by Gasteiger charge is 2.05. The zero-order valence-electron chi connectivity index (χ0n) is 8.36. The van der Waals surface area contributed by atoms with Crippen molar-refractivity contribution in [3.63, 3.8) is 0 Å². The lowest BCUT2D eigenvalue weighted by Crippen LogP contribution is -2.15. The molecule has 76 valence electrons. The summed E-state index contributed by atoms with van der Waals surface area (Å²) >= 11 is 5.15. The van der Waals surface area contributed by atoms with Gasteiger partial charge in [-0.2, -0.15) is 0 Å². The van der Waals surface area contributed by atoms with Crippen LogP contribution >= 0.6 is 12.2 Å². The minimum absolute atomic E-state index is 0.420. The number of nitrogens with zero attached hydrogens (tertiary/aromatic N) is 1. The predicted molar refractivity (Wildman–Crippen MR) is 58.6 cm³/mol. The summed E-state index contributed by atoms with van der Waals surface area (Å²) in [6.45, 7) is 5.00. The molecule has 2 N–H and O–H groups in total. The molecular weight excluding hydrogens is 196 g/mol. The molecule has 3 nitrogen and oxygen atoms in total. The van der Waals surface area contributed by atoms with Crippen molar-refractivity contribution in [2.24, 2.45) is 11.7 Å². The lowest BCUT2D eigenvalue weighted by atomic mass is 10.2. The van der Waals surface area contributed by atoms with Crippen molar-refractivity contribution >= 4 is 18.1 Å². The lowest BCUT2D eigenvalue weighted by Gasteiger charge is -2.10. The molecule has 0 aromatic carbocycles. The fraction of sp³-hybridized carbons (Fsp3) is 0.400. The second kappa shape index (κ2) is 4.37. The van der Waals surface area contributed by atoms with E-state index in [2.05, 4.69) is 13.8 Å². The third kappa shape index (κ3) is 2.42. The number of hydrogen-bond acceptors (Lipinski definition) is 2. The van der Waals surface area contributed by atoms with E-state index in [9.17, 15) is 4.79 Å². The van der Waals surface area contributed by atoms with E-state index in [0.717, 1.165) is 6.54 Å². The topological polar surface area (TPSA) is 48.0 Å². The molecule has 0 saturated carbocycles. The van der Waals surface area contributed by atoms with Crippen molar-refractivity contribution in [1.82, 2.24) is 4.57 Å². The van der Waals surface area contributed by atoms with Crippen LogP contribution in [0.3, 0.4) is 0 Å². The normalized spacial score (nSPS) is 10.5. The molecule has 0 aliphatic heterocycles. The first-order valence-electron chi connectivity index (χ1n) is 4.51. The molecular formula is C10H14N2OS. The van der Waals surface area contributed by atoms with E-state index in [1.807, 2.05) is 10.8 Å². The van der Waals surface area contributed by atoms with Gasteiger partial charge in [-0.25, -0.2) is 0 Å². The van der Waals surface area contributed by atoms with Crippen molar-refractivity contribution in [1.29, 1.82) is 0 Å². The number of pyridine rings is 1. The van der Waals surface area contributed by atoms with Crippen LogP contribution in [0.4, 0.5) is 0 Å². The van der Waals surface area contributed by atoms with Crippen molar-refractivity contribution < 1.29 is 4.79 Å². The molecule has 0 fully saturated rings. The van der Waals surface area contributed by atoms with Gasteiger partial charge in [0.2, 0.25) is 0 Å². The van der Waals surface area contributed by atoms with Gasteiger partial charge in [0.1, 0.15) is 4.64 Å². The second-order valence-electron chi connectivity index (χ2n) is 3.64. The van der Waals surface area contributed by atoms with E-state index in [1.54, 1.807) is 12.1 Å². The van der Waals surface area contributed by atoms with Crippen LogP contribution in [-0.2, 0) is 6.54 Å². The highest BCUT2D eigenvalue weighted by Crippen LogP contribution is 2.06. The molecule has 1 aromatic heterocycles. The number of primary amides is 1. The molecule has 0 bridgehead atoms. The molecule has 0 saturated heterocycles. The Morgan fingerprint density at radius 1 is 1.64 bits per heavy atom.